The molecular weight excluding hydrogens is 452 g/mol. The van der Waals surface area contributed by atoms with Gasteiger partial charge in [0.2, 0.25) is 11.9 Å². The third kappa shape index (κ3) is 4.79. The quantitative estimate of drug-likeness (QED) is 0.431. The molecule has 6 rings (SSSR count). The molecule has 1 aliphatic carbocycles. The van der Waals surface area contributed by atoms with Crippen molar-refractivity contribution in [1.29, 1.82) is 0 Å². The summed E-state index contributed by atoms with van der Waals surface area (Å²) in [7, 11) is 0. The summed E-state index contributed by atoms with van der Waals surface area (Å²) in [5.41, 5.74) is 5.98. The highest BCUT2D eigenvalue weighted by Gasteiger charge is 2.34. The second kappa shape index (κ2) is 9.31. The first-order chi connectivity index (χ1) is 17.5. The van der Waals surface area contributed by atoms with Gasteiger partial charge in [0, 0.05) is 56.6 Å². The van der Waals surface area contributed by atoms with Gasteiger partial charge in [0.05, 0.1) is 16.7 Å². The second-order valence-electron chi connectivity index (χ2n) is 9.82. The van der Waals surface area contributed by atoms with Gasteiger partial charge in [0.25, 0.3) is 0 Å². The number of pyridine rings is 1. The Balaban J connectivity index is 1.12. The summed E-state index contributed by atoms with van der Waals surface area (Å²) in [5.74, 6) is 2.80. The number of aromatic amines is 1. The van der Waals surface area contributed by atoms with Crippen molar-refractivity contribution in [3.8, 4) is 11.3 Å². The van der Waals surface area contributed by atoms with Crippen LogP contribution in [0.5, 0.6) is 0 Å². The van der Waals surface area contributed by atoms with Crippen LogP contribution < -0.4 is 5.32 Å². The Bertz CT molecular complexity index is 1420. The summed E-state index contributed by atoms with van der Waals surface area (Å²) in [6, 6.07) is 10.2. The molecule has 1 aliphatic heterocycles. The molecule has 4 heterocycles. The van der Waals surface area contributed by atoms with Crippen molar-refractivity contribution in [2.45, 2.75) is 33.2 Å². The fraction of sp³-hybridized carbons (Fsp3) is 0.370. The summed E-state index contributed by atoms with van der Waals surface area (Å²) in [6.45, 7) is 8.20. The van der Waals surface area contributed by atoms with Crippen molar-refractivity contribution < 1.29 is 4.79 Å². The topological polar surface area (TPSA) is 103 Å². The Hall–Kier alpha value is -3.85. The van der Waals surface area contributed by atoms with Crippen molar-refractivity contribution in [2.24, 2.45) is 5.92 Å². The maximum Gasteiger partial charge on any atom is 0.225 e. The van der Waals surface area contributed by atoms with Crippen LogP contribution in [0.4, 0.5) is 11.8 Å². The van der Waals surface area contributed by atoms with Gasteiger partial charge in [-0.2, -0.15) is 0 Å². The van der Waals surface area contributed by atoms with E-state index in [0.29, 0.717) is 17.8 Å². The number of rotatable bonds is 6. The number of hydrogen-bond acceptors (Lipinski definition) is 7. The highest BCUT2D eigenvalue weighted by atomic mass is 16.2. The van der Waals surface area contributed by atoms with Crippen LogP contribution in [0.1, 0.15) is 29.8 Å². The largest absolute Gasteiger partial charge is 0.340 e. The molecule has 1 amide bonds. The first-order valence-corrected chi connectivity index (χ1v) is 12.6. The molecule has 0 bridgehead atoms. The van der Waals surface area contributed by atoms with E-state index in [0.717, 1.165) is 85.1 Å². The zero-order valence-electron chi connectivity index (χ0n) is 20.7. The van der Waals surface area contributed by atoms with Gasteiger partial charge in [0.15, 0.2) is 0 Å². The number of nitrogens with one attached hydrogen (secondary N) is 2. The minimum absolute atomic E-state index is 0.302. The average molecular weight is 483 g/mol. The normalized spacial score (nSPS) is 16.4. The van der Waals surface area contributed by atoms with Gasteiger partial charge < -0.3 is 15.2 Å². The number of anilines is 2. The van der Waals surface area contributed by atoms with Crippen LogP contribution in [0, 0.1) is 19.8 Å². The number of nitrogens with zero attached hydrogens (tertiary/aromatic N) is 6. The Labute approximate surface area is 210 Å². The number of carbonyl (C=O) groups excluding carboxylic acids is 1. The van der Waals surface area contributed by atoms with Crippen LogP contribution in [0.15, 0.2) is 42.7 Å². The Morgan fingerprint density at radius 2 is 1.89 bits per heavy atom. The molecule has 1 saturated heterocycles. The third-order valence-electron chi connectivity index (χ3n) is 6.94. The molecule has 2 aliphatic rings. The van der Waals surface area contributed by atoms with Crippen molar-refractivity contribution in [3.05, 3.63) is 59.7 Å². The molecule has 3 aromatic heterocycles. The molecule has 9 heteroatoms. The van der Waals surface area contributed by atoms with E-state index in [9.17, 15) is 4.79 Å². The van der Waals surface area contributed by atoms with Gasteiger partial charge in [0.1, 0.15) is 11.6 Å². The number of hydrogen-bond donors (Lipinski definition) is 2. The van der Waals surface area contributed by atoms with E-state index >= 15 is 0 Å². The fourth-order valence-corrected chi connectivity index (χ4v) is 4.77. The maximum absolute atomic E-state index is 12.3. The lowest BCUT2D eigenvalue weighted by atomic mass is 10.1. The van der Waals surface area contributed by atoms with Gasteiger partial charge in [-0.25, -0.2) is 19.9 Å². The van der Waals surface area contributed by atoms with E-state index in [1.807, 2.05) is 49.3 Å². The number of benzene rings is 1. The second-order valence-corrected chi connectivity index (χ2v) is 9.82. The van der Waals surface area contributed by atoms with Crippen LogP contribution in [-0.4, -0.2) is 66.8 Å². The van der Waals surface area contributed by atoms with Gasteiger partial charge >= 0.3 is 0 Å². The molecule has 9 nitrogen and oxygen atoms in total. The highest BCUT2D eigenvalue weighted by Crippen LogP contribution is 2.31. The molecule has 0 radical (unpaired) electrons. The first-order valence-electron chi connectivity index (χ1n) is 12.6. The Morgan fingerprint density at radius 1 is 1.06 bits per heavy atom. The summed E-state index contributed by atoms with van der Waals surface area (Å²) in [6.07, 6.45) is 5.82. The van der Waals surface area contributed by atoms with Crippen LogP contribution in [0.2, 0.25) is 0 Å². The number of amides is 1. The van der Waals surface area contributed by atoms with Gasteiger partial charge in [-0.1, -0.05) is 6.07 Å². The molecule has 4 aromatic rings. The number of fused-ring (bicyclic) bond motifs is 1. The highest BCUT2D eigenvalue weighted by molar-refractivity contribution is 5.84. The van der Waals surface area contributed by atoms with E-state index in [1.165, 1.54) is 5.56 Å². The standard InChI is InChI=1S/C27H30N8O/c1-17-15-29-18(2)30-25(17)21-5-6-22-23(14-21)32-27(31-22)33-24-13-19(7-8-28-24)16-34-9-11-35(12-10-34)26(36)20-3-4-20/h5-8,13-15,20H,3-4,9-12,16H2,1-2H3,(H2,28,31,32,33). The van der Waals surface area contributed by atoms with Crippen molar-refractivity contribution >= 4 is 28.7 Å². The fourth-order valence-electron chi connectivity index (χ4n) is 4.77. The number of aromatic nitrogens is 5. The average Bonchev–Trinajstić information content (AvgIpc) is 3.65. The van der Waals surface area contributed by atoms with Gasteiger partial charge in [-0.3, -0.25) is 9.69 Å². The SMILES string of the molecule is Cc1ncc(C)c(-c2ccc3nc(Nc4cc(CN5CCN(C(=O)C6CC6)CC5)ccn4)[nH]c3c2)n1. The molecule has 184 valence electrons. The maximum atomic E-state index is 12.3. The van der Waals surface area contributed by atoms with E-state index < -0.39 is 0 Å². The lowest BCUT2D eigenvalue weighted by Gasteiger charge is -2.34. The predicted octanol–water partition coefficient (Wildman–Crippen LogP) is 3.83. The Kier molecular flexibility index (Phi) is 5.85. The van der Waals surface area contributed by atoms with Gasteiger partial charge in [-0.15, -0.1) is 0 Å². The van der Waals surface area contributed by atoms with E-state index in [1.54, 1.807) is 0 Å². The number of imidazole rings is 1. The Morgan fingerprint density at radius 3 is 2.69 bits per heavy atom. The number of H-pyrrole nitrogens is 1. The van der Waals surface area contributed by atoms with Crippen molar-refractivity contribution in [3.63, 3.8) is 0 Å². The van der Waals surface area contributed by atoms with Crippen molar-refractivity contribution in [2.75, 3.05) is 31.5 Å². The zero-order chi connectivity index (χ0) is 24.6. The van der Waals surface area contributed by atoms with E-state index in [-0.39, 0.29) is 0 Å². The summed E-state index contributed by atoms with van der Waals surface area (Å²) in [4.78, 5) is 38.2. The van der Waals surface area contributed by atoms with Crippen LogP contribution in [0.25, 0.3) is 22.3 Å². The van der Waals surface area contributed by atoms with Crippen LogP contribution in [-0.2, 0) is 11.3 Å². The first kappa shape index (κ1) is 22.6. The predicted molar refractivity (Wildman–Crippen MR) is 139 cm³/mol. The molecule has 0 unspecified atom stereocenters. The molecule has 1 saturated carbocycles. The minimum Gasteiger partial charge on any atom is -0.340 e. The van der Waals surface area contributed by atoms with Crippen LogP contribution >= 0.6 is 0 Å². The summed E-state index contributed by atoms with van der Waals surface area (Å²) < 4.78 is 0. The molecule has 2 N–H and O–H groups in total. The summed E-state index contributed by atoms with van der Waals surface area (Å²) >= 11 is 0. The van der Waals surface area contributed by atoms with Crippen LogP contribution in [0.3, 0.4) is 0 Å². The molecular formula is C27H30N8O. The van der Waals surface area contributed by atoms with E-state index in [2.05, 4.69) is 47.3 Å². The van der Waals surface area contributed by atoms with E-state index in [4.69, 9.17) is 0 Å². The molecule has 1 aromatic carbocycles. The molecule has 2 fully saturated rings. The number of aryl methyl sites for hydroxylation is 2. The lowest BCUT2D eigenvalue weighted by molar-refractivity contribution is -0.134. The van der Waals surface area contributed by atoms with Gasteiger partial charge in [-0.05, 0) is 62.1 Å². The zero-order valence-corrected chi connectivity index (χ0v) is 20.7. The third-order valence-corrected chi connectivity index (χ3v) is 6.94. The number of carbonyl (C=O) groups is 1. The van der Waals surface area contributed by atoms with Crippen molar-refractivity contribution in [1.82, 2.24) is 34.7 Å². The summed E-state index contributed by atoms with van der Waals surface area (Å²) in [5, 5.41) is 3.32. The smallest absolute Gasteiger partial charge is 0.225 e. The molecule has 36 heavy (non-hydrogen) atoms. The molecule has 0 atom stereocenters. The minimum atomic E-state index is 0.302. The molecule has 0 spiro atoms. The number of piperazine rings is 1. The monoisotopic (exact) mass is 482 g/mol. The lowest BCUT2D eigenvalue weighted by Crippen LogP contribution is -2.48.